The topological polar surface area (TPSA) is 93.1 Å². The minimum Gasteiger partial charge on any atom is -0.510 e. The molecule has 2 heterocycles. The largest absolute Gasteiger partial charge is 0.510 e. The molecule has 6 nitrogen and oxygen atoms in total. The number of aromatic nitrogens is 2. The molecule has 0 spiro atoms. The quantitative estimate of drug-likeness (QED) is 0.732. The van der Waals surface area contributed by atoms with Crippen molar-refractivity contribution in [1.29, 1.82) is 5.41 Å². The molecule has 22 heavy (non-hydrogen) atoms. The van der Waals surface area contributed by atoms with Gasteiger partial charge in [-0.05, 0) is 18.2 Å². The highest BCUT2D eigenvalue weighted by atomic mass is 79.9. The number of hydrogen-bond donors (Lipinski definition) is 3. The van der Waals surface area contributed by atoms with E-state index in [0.29, 0.717) is 17.4 Å². The van der Waals surface area contributed by atoms with Crippen LogP contribution in [0.5, 0.6) is 0 Å². The average Bonchev–Trinajstić information content (AvgIpc) is 2.75. The number of aliphatic hydroxyl groups is 1. The number of hydrogen-bond acceptors (Lipinski definition) is 4. The molecule has 2 aromatic rings. The van der Waals surface area contributed by atoms with Crippen molar-refractivity contribution in [3.8, 4) is 0 Å². The number of nitrogens with zero attached hydrogens (tertiary/aromatic N) is 2. The molecule has 0 aliphatic carbocycles. The number of aliphatic hydroxyl groups excluding tert-OH is 1. The number of amidine groups is 1. The number of fused-ring (bicyclic) bond motifs is 1. The van der Waals surface area contributed by atoms with Crippen LogP contribution in [0.2, 0.25) is 0 Å². The number of halogens is 1. The van der Waals surface area contributed by atoms with E-state index in [0.717, 1.165) is 4.47 Å². The molecule has 0 atom stereocenters. The lowest BCUT2D eigenvalue weighted by Crippen LogP contribution is -2.27. The van der Waals surface area contributed by atoms with Gasteiger partial charge in [-0.15, -0.1) is 6.58 Å². The Morgan fingerprint density at radius 1 is 1.55 bits per heavy atom. The van der Waals surface area contributed by atoms with E-state index in [1.54, 1.807) is 29.2 Å². The molecular formula is C15H13BrN4O2. The minimum absolute atomic E-state index is 0.0199. The normalized spacial score (nSPS) is 15.0. The van der Waals surface area contributed by atoms with Crippen LogP contribution < -0.4 is 5.56 Å². The van der Waals surface area contributed by atoms with Crippen LogP contribution in [0.4, 0.5) is 0 Å². The molecule has 3 N–H and O–H groups in total. The van der Waals surface area contributed by atoms with Gasteiger partial charge < -0.3 is 15.0 Å². The van der Waals surface area contributed by atoms with Crippen LogP contribution in [0.25, 0.3) is 16.5 Å². The summed E-state index contributed by atoms with van der Waals surface area (Å²) in [5.74, 6) is 0.345. The first-order chi connectivity index (χ1) is 10.5. The first-order valence-corrected chi connectivity index (χ1v) is 7.37. The molecule has 3 rings (SSSR count). The summed E-state index contributed by atoms with van der Waals surface area (Å²) in [6.07, 6.45) is 1.65. The molecule has 0 saturated carbocycles. The van der Waals surface area contributed by atoms with Crippen molar-refractivity contribution in [2.75, 3.05) is 13.1 Å². The molecule has 1 aromatic carbocycles. The summed E-state index contributed by atoms with van der Waals surface area (Å²) < 4.78 is 0.785. The fourth-order valence-corrected chi connectivity index (χ4v) is 2.78. The predicted octanol–water partition coefficient (Wildman–Crippen LogP) is 2.43. The van der Waals surface area contributed by atoms with E-state index in [1.165, 1.54) is 0 Å². The summed E-state index contributed by atoms with van der Waals surface area (Å²) in [7, 11) is 0. The van der Waals surface area contributed by atoms with E-state index in [-0.39, 0.29) is 35.1 Å². The zero-order valence-corrected chi connectivity index (χ0v) is 13.1. The van der Waals surface area contributed by atoms with Crippen LogP contribution in [0.15, 0.2) is 45.9 Å². The third-order valence-electron chi connectivity index (χ3n) is 3.44. The number of H-pyrrole nitrogens is 1. The monoisotopic (exact) mass is 360 g/mol. The molecule has 1 aliphatic heterocycles. The smallest absolute Gasteiger partial charge is 0.259 e. The van der Waals surface area contributed by atoms with Crippen molar-refractivity contribution >= 4 is 38.2 Å². The Hall–Kier alpha value is -2.41. The Morgan fingerprint density at radius 2 is 2.32 bits per heavy atom. The number of rotatable bonds is 3. The first kappa shape index (κ1) is 14.5. The van der Waals surface area contributed by atoms with Gasteiger partial charge in [-0.2, -0.15) is 0 Å². The number of aromatic amines is 1. The van der Waals surface area contributed by atoms with E-state index < -0.39 is 0 Å². The summed E-state index contributed by atoms with van der Waals surface area (Å²) in [5.41, 5.74) is 0.456. The maximum Gasteiger partial charge on any atom is 0.259 e. The third kappa shape index (κ3) is 2.33. The minimum atomic E-state index is -0.309. The van der Waals surface area contributed by atoms with Crippen LogP contribution in [-0.2, 0) is 0 Å². The molecule has 1 aliphatic rings. The molecule has 0 fully saturated rings. The van der Waals surface area contributed by atoms with Gasteiger partial charge in [-0.1, -0.05) is 22.0 Å². The van der Waals surface area contributed by atoms with Crippen molar-refractivity contribution in [1.82, 2.24) is 14.9 Å². The summed E-state index contributed by atoms with van der Waals surface area (Å²) in [6, 6.07) is 5.19. The highest BCUT2D eigenvalue weighted by Crippen LogP contribution is 2.25. The Bertz CT molecular complexity index is 885. The third-order valence-corrected chi connectivity index (χ3v) is 3.93. The Labute approximate surface area is 134 Å². The highest BCUT2D eigenvalue weighted by Gasteiger charge is 2.29. The van der Waals surface area contributed by atoms with Gasteiger partial charge in [-0.3, -0.25) is 10.2 Å². The van der Waals surface area contributed by atoms with Crippen molar-refractivity contribution < 1.29 is 5.11 Å². The Balaban J connectivity index is 2.13. The molecule has 1 aromatic heterocycles. The summed E-state index contributed by atoms with van der Waals surface area (Å²) in [6.45, 7) is 4.28. The lowest BCUT2D eigenvalue weighted by molar-refractivity contribution is 0.362. The van der Waals surface area contributed by atoms with E-state index in [9.17, 15) is 9.90 Å². The van der Waals surface area contributed by atoms with Crippen molar-refractivity contribution in [2.24, 2.45) is 0 Å². The second-order valence-corrected chi connectivity index (χ2v) is 5.83. The maximum atomic E-state index is 12.2. The lowest BCUT2D eigenvalue weighted by atomic mass is 10.2. The molecule has 0 saturated heterocycles. The number of benzene rings is 1. The van der Waals surface area contributed by atoms with Crippen LogP contribution in [-0.4, -0.2) is 38.9 Å². The average molecular weight is 361 g/mol. The second kappa shape index (κ2) is 5.42. The second-order valence-electron chi connectivity index (χ2n) is 4.92. The summed E-state index contributed by atoms with van der Waals surface area (Å²) in [4.78, 5) is 20.9. The van der Waals surface area contributed by atoms with E-state index >= 15 is 0 Å². The molecule has 0 radical (unpaired) electrons. The molecule has 7 heteroatoms. The molecule has 0 amide bonds. The fraction of sp³-hybridized carbons (Fsp3) is 0.133. The summed E-state index contributed by atoms with van der Waals surface area (Å²) in [5, 5.41) is 18.7. The van der Waals surface area contributed by atoms with Gasteiger partial charge in [0.05, 0.1) is 23.0 Å². The Kier molecular flexibility index (Phi) is 3.58. The molecule has 0 unspecified atom stereocenters. The zero-order valence-electron chi connectivity index (χ0n) is 11.6. The molecular weight excluding hydrogens is 348 g/mol. The maximum absolute atomic E-state index is 12.2. The van der Waals surface area contributed by atoms with Crippen molar-refractivity contribution in [3.63, 3.8) is 0 Å². The van der Waals surface area contributed by atoms with Crippen LogP contribution in [0, 0.1) is 5.41 Å². The molecule has 0 bridgehead atoms. The van der Waals surface area contributed by atoms with Gasteiger partial charge in [0.15, 0.2) is 0 Å². The van der Waals surface area contributed by atoms with Gasteiger partial charge in [0.1, 0.15) is 17.4 Å². The first-order valence-electron chi connectivity index (χ1n) is 6.58. The van der Waals surface area contributed by atoms with E-state index in [2.05, 4.69) is 32.5 Å². The van der Waals surface area contributed by atoms with Gasteiger partial charge in [-0.25, -0.2) is 4.98 Å². The Morgan fingerprint density at radius 3 is 3.05 bits per heavy atom. The van der Waals surface area contributed by atoms with Gasteiger partial charge in [0.2, 0.25) is 0 Å². The number of nitrogens with one attached hydrogen (secondary N) is 2. The van der Waals surface area contributed by atoms with Gasteiger partial charge >= 0.3 is 0 Å². The highest BCUT2D eigenvalue weighted by molar-refractivity contribution is 9.10. The van der Waals surface area contributed by atoms with E-state index in [1.807, 2.05) is 0 Å². The molecule has 112 valence electrons. The zero-order chi connectivity index (χ0) is 15.9. The van der Waals surface area contributed by atoms with Gasteiger partial charge in [0.25, 0.3) is 5.56 Å². The van der Waals surface area contributed by atoms with Crippen LogP contribution in [0.3, 0.4) is 0 Å². The van der Waals surface area contributed by atoms with Crippen molar-refractivity contribution in [3.05, 3.63) is 57.3 Å². The SMILES string of the molecule is C=CCN1CC(O)=C(c2nc3ccc(Br)cc3c(=O)[nH]2)C1=N. The van der Waals surface area contributed by atoms with E-state index in [4.69, 9.17) is 5.41 Å². The van der Waals surface area contributed by atoms with Crippen LogP contribution >= 0.6 is 15.9 Å². The van der Waals surface area contributed by atoms with Crippen LogP contribution in [0.1, 0.15) is 5.82 Å². The van der Waals surface area contributed by atoms with Gasteiger partial charge in [0, 0.05) is 11.0 Å². The lowest BCUT2D eigenvalue weighted by Gasteiger charge is -2.15. The predicted molar refractivity (Wildman–Crippen MR) is 89.1 cm³/mol. The van der Waals surface area contributed by atoms with Crippen molar-refractivity contribution in [2.45, 2.75) is 0 Å². The summed E-state index contributed by atoms with van der Waals surface area (Å²) >= 11 is 3.32. The standard InChI is InChI=1S/C15H13BrN4O2/c1-2-5-20-7-11(21)12(13(20)17)14-18-10-4-3-8(16)6-9(10)15(22)19-14/h2-4,6,17,21H,1,5,7H2,(H,18,19,22). The fourth-order valence-electron chi connectivity index (χ4n) is 2.42.